The fourth-order valence-corrected chi connectivity index (χ4v) is 13.7. The zero-order valence-electron chi connectivity index (χ0n) is 33.5. The van der Waals surface area contributed by atoms with Gasteiger partial charge in [0.1, 0.15) is 12.6 Å². The van der Waals surface area contributed by atoms with Gasteiger partial charge in [-0.05, 0) is 108 Å². The third-order valence-corrected chi connectivity index (χ3v) is 17.0. The van der Waals surface area contributed by atoms with Gasteiger partial charge in [-0.1, -0.05) is 108 Å². The van der Waals surface area contributed by atoms with E-state index in [9.17, 15) is 4.79 Å². The van der Waals surface area contributed by atoms with Crippen LogP contribution in [0.3, 0.4) is 0 Å². The smallest absolute Gasteiger partial charge is 0.310 e. The number of anilines is 1. The molecule has 2 bridgehead atoms. The summed E-state index contributed by atoms with van der Waals surface area (Å²) in [5, 5.41) is 13.3. The van der Waals surface area contributed by atoms with Crippen molar-refractivity contribution in [3.05, 3.63) is 47.5 Å². The molecule has 8 rings (SSSR count). The van der Waals surface area contributed by atoms with Crippen LogP contribution >= 0.6 is 0 Å². The van der Waals surface area contributed by atoms with Crippen LogP contribution in [-0.4, -0.2) is 52.1 Å². The van der Waals surface area contributed by atoms with Gasteiger partial charge < -0.3 is 19.9 Å². The number of aromatic nitrogens is 4. The number of hydrogen-bond donors (Lipinski definition) is 1. The van der Waals surface area contributed by atoms with Gasteiger partial charge >= 0.3 is 5.97 Å². The molecule has 2 aromatic rings. The number of allylic oxidation sites excluding steroid dienone is 1. The molecule has 11 atom stereocenters. The van der Waals surface area contributed by atoms with Crippen molar-refractivity contribution in [2.24, 2.45) is 62.6 Å². The summed E-state index contributed by atoms with van der Waals surface area (Å²) in [5.74, 6) is 2.17. The van der Waals surface area contributed by atoms with Crippen molar-refractivity contribution in [3.8, 4) is 0 Å². The summed E-state index contributed by atoms with van der Waals surface area (Å²) in [6.45, 7) is 19.3. The summed E-state index contributed by atoms with van der Waals surface area (Å²) >= 11 is 0. The molecule has 1 aromatic carbocycles. The molecule has 1 saturated heterocycles. The van der Waals surface area contributed by atoms with E-state index in [0.717, 1.165) is 50.7 Å². The van der Waals surface area contributed by atoms with Crippen LogP contribution in [0.15, 0.2) is 42.0 Å². The zero-order valence-corrected chi connectivity index (χ0v) is 33.5. The van der Waals surface area contributed by atoms with Crippen molar-refractivity contribution in [2.75, 3.05) is 25.6 Å². The minimum atomic E-state index is -0.268. The van der Waals surface area contributed by atoms with Gasteiger partial charge in [0, 0.05) is 17.4 Å². The Morgan fingerprint density at radius 3 is 2.45 bits per heavy atom. The summed E-state index contributed by atoms with van der Waals surface area (Å²) in [5.41, 5.74) is 7.81. The average molecular weight is 728 g/mol. The Kier molecular flexibility index (Phi) is 9.43. The minimum absolute atomic E-state index is 0.0237. The summed E-state index contributed by atoms with van der Waals surface area (Å²) in [6, 6.07) is 10.1. The second-order valence-corrected chi connectivity index (χ2v) is 19.7. The lowest BCUT2D eigenvalue weighted by molar-refractivity contribution is -0.253. The molecule has 5 aliphatic carbocycles. The van der Waals surface area contributed by atoms with Gasteiger partial charge in [0.05, 0.1) is 25.2 Å². The number of fused-ring (bicyclic) bond motifs is 3. The molecule has 1 aliphatic heterocycles. The number of benzene rings is 1. The zero-order chi connectivity index (χ0) is 37.4. The second-order valence-electron chi connectivity index (χ2n) is 19.7. The molecular formula is C44H65N5O4. The van der Waals surface area contributed by atoms with Crippen molar-refractivity contribution in [1.82, 2.24) is 20.2 Å². The predicted molar refractivity (Wildman–Crippen MR) is 205 cm³/mol. The van der Waals surface area contributed by atoms with E-state index in [4.69, 9.17) is 19.9 Å². The van der Waals surface area contributed by atoms with E-state index in [1.165, 1.54) is 25.7 Å². The van der Waals surface area contributed by atoms with Gasteiger partial charge in [-0.15, -0.1) is 5.10 Å². The molecule has 0 radical (unpaired) electrons. The highest BCUT2D eigenvalue weighted by molar-refractivity contribution is 5.75. The van der Waals surface area contributed by atoms with E-state index in [2.05, 4.69) is 70.0 Å². The Morgan fingerprint density at radius 1 is 1.00 bits per heavy atom. The maximum absolute atomic E-state index is 14.8. The van der Waals surface area contributed by atoms with Gasteiger partial charge in [-0.2, -0.15) is 4.80 Å². The Balaban J connectivity index is 1.18. The molecule has 53 heavy (non-hydrogen) atoms. The maximum atomic E-state index is 14.8. The van der Waals surface area contributed by atoms with Crippen LogP contribution in [0.1, 0.15) is 124 Å². The number of carbonyl (C=O) groups excluding carboxylic acids is 1. The highest BCUT2D eigenvalue weighted by atomic mass is 16.5. The lowest BCUT2D eigenvalue weighted by atomic mass is 9.34. The molecule has 5 fully saturated rings. The molecule has 1 unspecified atom stereocenters. The van der Waals surface area contributed by atoms with Gasteiger partial charge in [-0.3, -0.25) is 4.79 Å². The van der Waals surface area contributed by atoms with Crippen molar-refractivity contribution >= 4 is 11.9 Å². The summed E-state index contributed by atoms with van der Waals surface area (Å²) < 4.78 is 20.2. The van der Waals surface area contributed by atoms with Crippen LogP contribution in [-0.2, 0) is 25.6 Å². The number of rotatable bonds is 9. The third-order valence-electron chi connectivity index (χ3n) is 17.0. The van der Waals surface area contributed by atoms with Gasteiger partial charge in [0.25, 0.3) is 5.95 Å². The van der Waals surface area contributed by atoms with E-state index in [-0.39, 0.29) is 57.1 Å². The lowest BCUT2D eigenvalue weighted by Gasteiger charge is -2.71. The van der Waals surface area contributed by atoms with Crippen LogP contribution in [0.5, 0.6) is 0 Å². The van der Waals surface area contributed by atoms with Crippen molar-refractivity contribution in [2.45, 2.75) is 131 Å². The fourth-order valence-electron chi connectivity index (χ4n) is 13.7. The molecular weight excluding hydrogens is 663 g/mol. The number of ether oxygens (including phenoxy) is 3. The normalized spacial score (nSPS) is 41.6. The molecule has 290 valence electrons. The van der Waals surface area contributed by atoms with E-state index in [0.29, 0.717) is 49.4 Å². The molecule has 4 saturated carbocycles. The van der Waals surface area contributed by atoms with E-state index in [1.54, 1.807) is 10.4 Å². The Labute approximate surface area is 317 Å². The highest BCUT2D eigenvalue weighted by Gasteiger charge is 2.72. The fraction of sp³-hybridized carbons (Fsp3) is 0.773. The summed E-state index contributed by atoms with van der Waals surface area (Å²) in [4.78, 5) is 16.6. The minimum Gasteiger partial charge on any atom is -0.461 e. The number of tetrazole rings is 1. The first kappa shape index (κ1) is 37.2. The number of hydrogen-bond acceptors (Lipinski definition) is 8. The van der Waals surface area contributed by atoms with Gasteiger partial charge in [-0.25, -0.2) is 0 Å². The van der Waals surface area contributed by atoms with Crippen LogP contribution in [0, 0.1) is 62.6 Å². The standard InChI is InChI=1S/C44H65N5O4/c1-28(2)29(3)40(4)21-22-42(6)32-17-18-35-41(5)26-51-27-44(35,23-34(49-47-39(45)46-48-49)37(41)52-24-30-15-11-12-16-30)33(32)19-20-43(42,7)36(40)38(50)53-25-31-13-9-8-10-14-31/h8-10,13-14,19,28-30,32,34-37H,11-12,15-18,20-27H2,1-7H3,(H2,45,47)/t29-,32+,34-,35+,36-,37+,40-,41+,42-,43+,44?/m1/s1. The van der Waals surface area contributed by atoms with Gasteiger partial charge in [0.15, 0.2) is 0 Å². The molecule has 0 amide bonds. The van der Waals surface area contributed by atoms with E-state index < -0.39 is 0 Å². The molecule has 2 N–H and O–H groups in total. The molecule has 2 heterocycles. The molecule has 9 heteroatoms. The number of nitrogens with zero attached hydrogens (tertiary/aromatic N) is 4. The first-order chi connectivity index (χ1) is 25.3. The first-order valence-electron chi connectivity index (χ1n) is 20.9. The monoisotopic (exact) mass is 728 g/mol. The Hall–Kier alpha value is -2.78. The van der Waals surface area contributed by atoms with Crippen LogP contribution in [0.2, 0.25) is 0 Å². The SMILES string of the molecule is CC(C)[C@@H](C)[C@@]1(C)CC[C@]2(C)[C@H]3CC[C@@H]4C5(COC[C@]4(C)[C@@H](OCC4CCCC4)[C@H](n4nnc(N)n4)C5)C3=CC[C@@]2(C)[C@@H]1C(=O)OCc1ccccc1. The Morgan fingerprint density at radius 2 is 1.75 bits per heavy atom. The van der Waals surface area contributed by atoms with Crippen molar-refractivity contribution in [3.63, 3.8) is 0 Å². The highest BCUT2D eigenvalue weighted by Crippen LogP contribution is 2.75. The quantitative estimate of drug-likeness (QED) is 0.202. The molecule has 9 nitrogen and oxygen atoms in total. The van der Waals surface area contributed by atoms with Crippen LogP contribution < -0.4 is 5.73 Å². The van der Waals surface area contributed by atoms with E-state index >= 15 is 0 Å². The predicted octanol–water partition coefficient (Wildman–Crippen LogP) is 8.62. The topological polar surface area (TPSA) is 114 Å². The summed E-state index contributed by atoms with van der Waals surface area (Å²) in [7, 11) is 0. The summed E-state index contributed by atoms with van der Waals surface area (Å²) in [6.07, 6.45) is 13.6. The largest absolute Gasteiger partial charge is 0.461 e. The molecule has 0 spiro atoms. The maximum Gasteiger partial charge on any atom is 0.310 e. The number of esters is 1. The van der Waals surface area contributed by atoms with Crippen molar-refractivity contribution < 1.29 is 19.0 Å². The Bertz CT molecular complexity index is 1690. The molecule has 1 aromatic heterocycles. The van der Waals surface area contributed by atoms with Gasteiger partial charge in [0.2, 0.25) is 0 Å². The average Bonchev–Trinajstić information content (AvgIpc) is 3.82. The van der Waals surface area contributed by atoms with Crippen LogP contribution in [0.4, 0.5) is 5.95 Å². The van der Waals surface area contributed by atoms with Crippen LogP contribution in [0.25, 0.3) is 0 Å². The molecule has 6 aliphatic rings. The second kappa shape index (κ2) is 13.5. The van der Waals surface area contributed by atoms with E-state index in [1.807, 2.05) is 30.3 Å². The van der Waals surface area contributed by atoms with Crippen molar-refractivity contribution in [1.29, 1.82) is 0 Å². The lowest BCUT2D eigenvalue weighted by Crippen LogP contribution is -2.69. The number of nitrogen functional groups attached to an aromatic ring is 1. The third kappa shape index (κ3) is 5.66. The number of carbonyl (C=O) groups is 1. The first-order valence-corrected chi connectivity index (χ1v) is 20.9. The number of nitrogens with two attached hydrogens (primary N) is 1.